The second-order valence-electron chi connectivity index (χ2n) is 8.78. The monoisotopic (exact) mass is 457 g/mol. The Balaban J connectivity index is 1.27. The van der Waals surface area contributed by atoms with Gasteiger partial charge in [-0.1, -0.05) is 56.3 Å². The predicted octanol–water partition coefficient (Wildman–Crippen LogP) is 6.99. The van der Waals surface area contributed by atoms with E-state index in [9.17, 15) is 4.79 Å². The molecule has 174 valence electrons. The van der Waals surface area contributed by atoms with Gasteiger partial charge in [-0.15, -0.1) is 0 Å². The molecule has 0 aliphatic heterocycles. The summed E-state index contributed by atoms with van der Waals surface area (Å²) >= 11 is 0. The summed E-state index contributed by atoms with van der Waals surface area (Å²) in [5, 5.41) is 9.31. The summed E-state index contributed by atoms with van der Waals surface area (Å²) < 4.78 is 17.0. The molecule has 0 unspecified atom stereocenters. The van der Waals surface area contributed by atoms with Crippen molar-refractivity contribution in [2.24, 2.45) is 0 Å². The van der Waals surface area contributed by atoms with Crippen molar-refractivity contribution in [3.8, 4) is 17.2 Å². The van der Waals surface area contributed by atoms with Gasteiger partial charge in [0.05, 0.1) is 0 Å². The molecule has 0 bridgehead atoms. The molecule has 0 saturated heterocycles. The van der Waals surface area contributed by atoms with E-state index in [0.717, 1.165) is 11.3 Å². The number of carbonyl (C=O) groups is 1. The molecule has 34 heavy (non-hydrogen) atoms. The molecule has 0 fully saturated rings. The van der Waals surface area contributed by atoms with Crippen molar-refractivity contribution in [3.63, 3.8) is 0 Å². The van der Waals surface area contributed by atoms with E-state index in [1.54, 1.807) is 30.3 Å². The van der Waals surface area contributed by atoms with Gasteiger partial charge in [0, 0.05) is 17.2 Å². The molecule has 0 saturated carbocycles. The van der Waals surface area contributed by atoms with Crippen LogP contribution in [-0.4, -0.2) is 11.2 Å². The topological polar surface area (TPSA) is 85.6 Å². The number of nitrogens with one attached hydrogen (secondary N) is 2. The summed E-state index contributed by atoms with van der Waals surface area (Å²) in [5.74, 6) is 3.16. The minimum Gasteiger partial charge on any atom is -0.489 e. The third-order valence-corrected chi connectivity index (χ3v) is 4.91. The predicted molar refractivity (Wildman–Crippen MR) is 132 cm³/mol. The number of carbonyl (C=O) groups excluding carboxylic acids is 1. The highest BCUT2D eigenvalue weighted by molar-refractivity contribution is 5.99. The second-order valence-corrected chi connectivity index (χ2v) is 8.78. The van der Waals surface area contributed by atoms with Gasteiger partial charge in [-0.2, -0.15) is 0 Å². The van der Waals surface area contributed by atoms with Crippen molar-refractivity contribution >= 4 is 17.5 Å². The molecular weight excluding hydrogens is 430 g/mol. The number of urea groups is 1. The van der Waals surface area contributed by atoms with E-state index in [2.05, 4.69) is 15.8 Å². The Hall–Kier alpha value is -4.26. The lowest BCUT2D eigenvalue weighted by Gasteiger charge is -2.12. The Morgan fingerprint density at radius 1 is 0.853 bits per heavy atom. The fraction of sp³-hybridized carbons (Fsp3) is 0.185. The Kier molecular flexibility index (Phi) is 6.82. The standard InChI is InChI=1S/C27H27N3O4/c1-27(2,3)24-17-25(30-34-24)29-26(31)28-20-9-11-22(12-10-20)33-23-15-13-21(14-16-23)32-18-19-7-5-4-6-8-19/h4-17H,18H2,1-3H3,(H2,28,29,30,31). The minimum absolute atomic E-state index is 0.186. The molecule has 1 heterocycles. The number of amides is 2. The number of aromatic nitrogens is 1. The Bertz CT molecular complexity index is 1210. The summed E-state index contributed by atoms with van der Waals surface area (Å²) in [6.45, 7) is 6.54. The summed E-state index contributed by atoms with van der Waals surface area (Å²) in [7, 11) is 0. The lowest BCUT2D eigenvalue weighted by molar-refractivity contribution is 0.262. The van der Waals surface area contributed by atoms with Gasteiger partial charge in [0.25, 0.3) is 0 Å². The maximum Gasteiger partial charge on any atom is 0.324 e. The molecule has 0 spiro atoms. The van der Waals surface area contributed by atoms with Crippen LogP contribution in [0.1, 0.15) is 32.1 Å². The third kappa shape index (κ3) is 6.38. The van der Waals surface area contributed by atoms with Gasteiger partial charge in [0.2, 0.25) is 0 Å². The fourth-order valence-corrected chi connectivity index (χ4v) is 3.05. The maximum atomic E-state index is 12.2. The first-order chi connectivity index (χ1) is 16.3. The zero-order chi connectivity index (χ0) is 24.0. The molecule has 0 aliphatic carbocycles. The van der Waals surface area contributed by atoms with E-state index in [0.29, 0.717) is 35.4 Å². The molecule has 2 amide bonds. The first-order valence-corrected chi connectivity index (χ1v) is 10.9. The second kappa shape index (κ2) is 10.1. The minimum atomic E-state index is -0.409. The third-order valence-electron chi connectivity index (χ3n) is 4.91. The zero-order valence-corrected chi connectivity index (χ0v) is 19.4. The van der Waals surface area contributed by atoms with E-state index in [4.69, 9.17) is 14.0 Å². The average molecular weight is 458 g/mol. The van der Waals surface area contributed by atoms with Gasteiger partial charge in [-0.05, 0) is 54.1 Å². The molecule has 1 aromatic heterocycles. The van der Waals surface area contributed by atoms with Crippen molar-refractivity contribution in [2.75, 3.05) is 10.6 Å². The van der Waals surface area contributed by atoms with Crippen molar-refractivity contribution in [1.82, 2.24) is 5.16 Å². The van der Waals surface area contributed by atoms with Crippen LogP contribution in [0.15, 0.2) is 89.5 Å². The van der Waals surface area contributed by atoms with Crippen LogP contribution < -0.4 is 20.1 Å². The number of hydrogen-bond acceptors (Lipinski definition) is 5. The molecule has 2 N–H and O–H groups in total. The highest BCUT2D eigenvalue weighted by Crippen LogP contribution is 2.26. The highest BCUT2D eigenvalue weighted by atomic mass is 16.5. The number of ether oxygens (including phenoxy) is 2. The van der Waals surface area contributed by atoms with Crippen LogP contribution in [0.5, 0.6) is 17.2 Å². The molecule has 4 aromatic rings. The molecule has 0 radical (unpaired) electrons. The van der Waals surface area contributed by atoms with Crippen LogP contribution in [0.4, 0.5) is 16.3 Å². The molecule has 4 rings (SSSR count). The summed E-state index contributed by atoms with van der Waals surface area (Å²) in [4.78, 5) is 12.2. The van der Waals surface area contributed by atoms with Gasteiger partial charge in [-0.3, -0.25) is 5.32 Å². The van der Waals surface area contributed by atoms with E-state index in [1.165, 1.54) is 0 Å². The molecule has 0 atom stereocenters. The van der Waals surface area contributed by atoms with Crippen LogP contribution in [0.3, 0.4) is 0 Å². The first kappa shape index (κ1) is 22.9. The quantitative estimate of drug-likeness (QED) is 0.312. The average Bonchev–Trinajstić information content (AvgIpc) is 3.30. The highest BCUT2D eigenvalue weighted by Gasteiger charge is 2.20. The van der Waals surface area contributed by atoms with Crippen LogP contribution in [-0.2, 0) is 12.0 Å². The van der Waals surface area contributed by atoms with Gasteiger partial charge in [-0.25, -0.2) is 4.79 Å². The zero-order valence-electron chi connectivity index (χ0n) is 19.4. The number of nitrogens with zero attached hydrogens (tertiary/aromatic N) is 1. The van der Waals surface area contributed by atoms with E-state index in [1.807, 2.05) is 75.4 Å². The summed E-state index contributed by atoms with van der Waals surface area (Å²) in [5.41, 5.74) is 1.55. The van der Waals surface area contributed by atoms with Crippen LogP contribution in [0, 0.1) is 0 Å². The van der Waals surface area contributed by atoms with Crippen molar-refractivity contribution < 1.29 is 18.8 Å². The molecule has 7 nitrogen and oxygen atoms in total. The smallest absolute Gasteiger partial charge is 0.324 e. The van der Waals surface area contributed by atoms with Crippen molar-refractivity contribution in [1.29, 1.82) is 0 Å². The maximum absolute atomic E-state index is 12.2. The Morgan fingerprint density at radius 2 is 1.47 bits per heavy atom. The molecule has 3 aromatic carbocycles. The Labute approximate surface area is 198 Å². The lowest BCUT2D eigenvalue weighted by atomic mass is 9.93. The van der Waals surface area contributed by atoms with Crippen LogP contribution >= 0.6 is 0 Å². The SMILES string of the molecule is CC(C)(C)c1cc(NC(=O)Nc2ccc(Oc3ccc(OCc4ccccc4)cc3)cc2)no1. The van der Waals surface area contributed by atoms with E-state index < -0.39 is 6.03 Å². The molecular formula is C27H27N3O4. The number of anilines is 2. The van der Waals surface area contributed by atoms with Gasteiger partial charge in [0.1, 0.15) is 29.6 Å². The largest absolute Gasteiger partial charge is 0.489 e. The van der Waals surface area contributed by atoms with Crippen molar-refractivity contribution in [3.05, 3.63) is 96.3 Å². The Morgan fingerprint density at radius 3 is 2.09 bits per heavy atom. The molecule has 0 aliphatic rings. The summed E-state index contributed by atoms with van der Waals surface area (Å²) in [6.07, 6.45) is 0. The van der Waals surface area contributed by atoms with E-state index >= 15 is 0 Å². The van der Waals surface area contributed by atoms with E-state index in [-0.39, 0.29) is 5.41 Å². The lowest BCUT2D eigenvalue weighted by Crippen LogP contribution is -2.19. The normalized spacial score (nSPS) is 11.0. The fourth-order valence-electron chi connectivity index (χ4n) is 3.05. The first-order valence-electron chi connectivity index (χ1n) is 10.9. The van der Waals surface area contributed by atoms with Crippen molar-refractivity contribution in [2.45, 2.75) is 32.8 Å². The van der Waals surface area contributed by atoms with Gasteiger partial charge in [0.15, 0.2) is 5.82 Å². The van der Waals surface area contributed by atoms with Gasteiger partial charge < -0.3 is 19.3 Å². The van der Waals surface area contributed by atoms with Crippen LogP contribution in [0.25, 0.3) is 0 Å². The number of benzene rings is 3. The number of rotatable bonds is 7. The molecule has 7 heteroatoms. The van der Waals surface area contributed by atoms with Gasteiger partial charge >= 0.3 is 6.03 Å². The summed E-state index contributed by atoms with van der Waals surface area (Å²) in [6, 6.07) is 25.8. The number of hydrogen-bond donors (Lipinski definition) is 2. The van der Waals surface area contributed by atoms with Crippen LogP contribution in [0.2, 0.25) is 0 Å².